The zero-order chi connectivity index (χ0) is 11.7. The summed E-state index contributed by atoms with van der Waals surface area (Å²) in [6.45, 7) is 6.61. The fourth-order valence-electron chi connectivity index (χ4n) is 2.41. The van der Waals surface area contributed by atoms with Crippen LogP contribution in [0.15, 0.2) is 6.20 Å². The van der Waals surface area contributed by atoms with Crippen molar-refractivity contribution in [2.45, 2.75) is 51.5 Å². The molecule has 0 aromatic carbocycles. The Bertz CT molecular complexity index is 348. The summed E-state index contributed by atoms with van der Waals surface area (Å²) in [7, 11) is 0. The molecule has 90 valence electrons. The summed E-state index contributed by atoms with van der Waals surface area (Å²) in [6.07, 6.45) is 5.72. The van der Waals surface area contributed by atoms with Gasteiger partial charge in [-0.2, -0.15) is 0 Å². The molecule has 1 aliphatic carbocycles. The summed E-state index contributed by atoms with van der Waals surface area (Å²) in [5.74, 6) is 1.62. The maximum absolute atomic E-state index is 5.99. The first-order valence-corrected chi connectivity index (χ1v) is 6.57. The zero-order valence-corrected chi connectivity index (χ0v) is 11.0. The van der Waals surface area contributed by atoms with Crippen LogP contribution in [0, 0.1) is 11.8 Å². The highest BCUT2D eigenvalue weighted by molar-refractivity contribution is 6.20. The SMILES string of the molecule is CC(Cl)c1cn(C2CCC(C)C(C)C2)nn1. The highest BCUT2D eigenvalue weighted by Gasteiger charge is 2.26. The van der Waals surface area contributed by atoms with Crippen molar-refractivity contribution in [2.75, 3.05) is 0 Å². The zero-order valence-electron chi connectivity index (χ0n) is 10.2. The molecule has 0 spiro atoms. The molecule has 3 nitrogen and oxygen atoms in total. The maximum Gasteiger partial charge on any atom is 0.100 e. The van der Waals surface area contributed by atoms with Gasteiger partial charge in [0.15, 0.2) is 0 Å². The second-order valence-electron chi connectivity index (χ2n) is 5.16. The van der Waals surface area contributed by atoms with E-state index in [0.717, 1.165) is 17.5 Å². The van der Waals surface area contributed by atoms with Crippen LogP contribution in [-0.4, -0.2) is 15.0 Å². The molecule has 4 unspecified atom stereocenters. The van der Waals surface area contributed by atoms with Crippen molar-refractivity contribution in [2.24, 2.45) is 11.8 Å². The van der Waals surface area contributed by atoms with Gasteiger partial charge in [0.05, 0.1) is 17.6 Å². The van der Waals surface area contributed by atoms with Gasteiger partial charge < -0.3 is 0 Å². The molecule has 1 aliphatic rings. The number of halogens is 1. The molecule has 1 aromatic heterocycles. The Balaban J connectivity index is 2.07. The smallest absolute Gasteiger partial charge is 0.100 e. The number of hydrogen-bond acceptors (Lipinski definition) is 2. The van der Waals surface area contributed by atoms with Gasteiger partial charge >= 0.3 is 0 Å². The lowest BCUT2D eigenvalue weighted by Crippen LogP contribution is -2.23. The molecule has 1 saturated carbocycles. The largest absolute Gasteiger partial charge is 0.249 e. The Hall–Kier alpha value is -0.570. The van der Waals surface area contributed by atoms with Crippen molar-refractivity contribution in [3.63, 3.8) is 0 Å². The van der Waals surface area contributed by atoms with Gasteiger partial charge in [0.2, 0.25) is 0 Å². The molecule has 2 rings (SSSR count). The molecule has 0 radical (unpaired) electrons. The van der Waals surface area contributed by atoms with E-state index in [4.69, 9.17) is 11.6 Å². The average molecular weight is 242 g/mol. The Morgan fingerprint density at radius 3 is 2.69 bits per heavy atom. The fraction of sp³-hybridized carbons (Fsp3) is 0.833. The normalized spacial score (nSPS) is 32.6. The van der Waals surface area contributed by atoms with Gasteiger partial charge in [-0.15, -0.1) is 16.7 Å². The van der Waals surface area contributed by atoms with Crippen LogP contribution in [0.5, 0.6) is 0 Å². The molecule has 0 aliphatic heterocycles. The lowest BCUT2D eigenvalue weighted by atomic mass is 9.79. The highest BCUT2D eigenvalue weighted by atomic mass is 35.5. The van der Waals surface area contributed by atoms with E-state index < -0.39 is 0 Å². The lowest BCUT2D eigenvalue weighted by Gasteiger charge is -2.31. The third kappa shape index (κ3) is 2.40. The van der Waals surface area contributed by atoms with Gasteiger partial charge in [-0.05, 0) is 38.0 Å². The van der Waals surface area contributed by atoms with Crippen molar-refractivity contribution < 1.29 is 0 Å². The van der Waals surface area contributed by atoms with E-state index in [0.29, 0.717) is 6.04 Å². The monoisotopic (exact) mass is 241 g/mol. The van der Waals surface area contributed by atoms with Gasteiger partial charge in [-0.3, -0.25) is 0 Å². The van der Waals surface area contributed by atoms with Gasteiger partial charge in [0, 0.05) is 0 Å². The van der Waals surface area contributed by atoms with Crippen molar-refractivity contribution in [1.82, 2.24) is 15.0 Å². The minimum Gasteiger partial charge on any atom is -0.249 e. The van der Waals surface area contributed by atoms with E-state index in [1.165, 1.54) is 19.3 Å². The second-order valence-corrected chi connectivity index (χ2v) is 5.82. The highest BCUT2D eigenvalue weighted by Crippen LogP contribution is 2.35. The molecule has 1 aromatic rings. The molecule has 0 amide bonds. The summed E-state index contributed by atoms with van der Waals surface area (Å²) in [5, 5.41) is 8.27. The van der Waals surface area contributed by atoms with Crippen LogP contribution in [-0.2, 0) is 0 Å². The van der Waals surface area contributed by atoms with E-state index in [2.05, 4.69) is 24.2 Å². The Kier molecular flexibility index (Phi) is 3.53. The molecule has 4 heteroatoms. The summed E-state index contributed by atoms with van der Waals surface area (Å²) in [6, 6.07) is 0.517. The molecule has 4 atom stereocenters. The van der Waals surface area contributed by atoms with Crippen molar-refractivity contribution in [1.29, 1.82) is 0 Å². The van der Waals surface area contributed by atoms with Gasteiger partial charge in [-0.25, -0.2) is 4.68 Å². The van der Waals surface area contributed by atoms with E-state index in [1.807, 2.05) is 17.8 Å². The van der Waals surface area contributed by atoms with Crippen LogP contribution >= 0.6 is 11.6 Å². The molecule has 1 heterocycles. The van der Waals surface area contributed by atoms with Gasteiger partial charge in [0.25, 0.3) is 0 Å². The van der Waals surface area contributed by atoms with Crippen LogP contribution in [0.25, 0.3) is 0 Å². The predicted octanol–water partition coefficient (Wildman–Crippen LogP) is 3.58. The topological polar surface area (TPSA) is 30.7 Å². The number of rotatable bonds is 2. The van der Waals surface area contributed by atoms with E-state index in [9.17, 15) is 0 Å². The molecule has 1 fully saturated rings. The Morgan fingerprint density at radius 2 is 2.12 bits per heavy atom. The van der Waals surface area contributed by atoms with Gasteiger partial charge in [-0.1, -0.05) is 19.1 Å². The minimum absolute atomic E-state index is 0.0475. The summed E-state index contributed by atoms with van der Waals surface area (Å²) in [5.41, 5.74) is 0.882. The quantitative estimate of drug-likeness (QED) is 0.741. The predicted molar refractivity (Wildman–Crippen MR) is 65.5 cm³/mol. The van der Waals surface area contributed by atoms with Crippen LogP contribution in [0.3, 0.4) is 0 Å². The first-order chi connectivity index (χ1) is 7.58. The lowest BCUT2D eigenvalue weighted by molar-refractivity contribution is 0.199. The summed E-state index contributed by atoms with van der Waals surface area (Å²) in [4.78, 5) is 0. The van der Waals surface area contributed by atoms with Crippen LogP contribution in [0.4, 0.5) is 0 Å². The molecular weight excluding hydrogens is 222 g/mol. The van der Waals surface area contributed by atoms with Crippen molar-refractivity contribution in [3.8, 4) is 0 Å². The summed E-state index contributed by atoms with van der Waals surface area (Å²) < 4.78 is 2.01. The van der Waals surface area contributed by atoms with E-state index in [-0.39, 0.29) is 5.38 Å². The Morgan fingerprint density at radius 1 is 1.38 bits per heavy atom. The van der Waals surface area contributed by atoms with Crippen LogP contribution in [0.1, 0.15) is 57.1 Å². The van der Waals surface area contributed by atoms with Crippen molar-refractivity contribution in [3.05, 3.63) is 11.9 Å². The maximum atomic E-state index is 5.99. The number of nitrogens with zero attached hydrogens (tertiary/aromatic N) is 3. The first kappa shape index (κ1) is 11.9. The van der Waals surface area contributed by atoms with Crippen LogP contribution in [0.2, 0.25) is 0 Å². The third-order valence-corrected chi connectivity index (χ3v) is 4.10. The minimum atomic E-state index is -0.0475. The fourth-order valence-corrected chi connectivity index (χ4v) is 2.51. The first-order valence-electron chi connectivity index (χ1n) is 6.13. The van der Waals surface area contributed by atoms with Crippen LogP contribution < -0.4 is 0 Å². The standard InChI is InChI=1S/C12H20ClN3/c1-8-4-5-11(6-9(8)2)16-7-12(10(3)13)14-15-16/h7-11H,4-6H2,1-3H3. The third-order valence-electron chi connectivity index (χ3n) is 3.88. The number of hydrogen-bond donors (Lipinski definition) is 0. The van der Waals surface area contributed by atoms with Crippen molar-refractivity contribution >= 4 is 11.6 Å². The molecule has 16 heavy (non-hydrogen) atoms. The molecule has 0 saturated heterocycles. The molecule has 0 bridgehead atoms. The number of aromatic nitrogens is 3. The molecule has 0 N–H and O–H groups in total. The molecular formula is C12H20ClN3. The average Bonchev–Trinajstić information content (AvgIpc) is 2.71. The summed E-state index contributed by atoms with van der Waals surface area (Å²) >= 11 is 5.99. The Labute approximate surface area is 102 Å². The van der Waals surface area contributed by atoms with E-state index >= 15 is 0 Å². The van der Waals surface area contributed by atoms with Gasteiger partial charge in [0.1, 0.15) is 5.69 Å². The number of alkyl halides is 1. The van der Waals surface area contributed by atoms with E-state index in [1.54, 1.807) is 0 Å². The second kappa shape index (κ2) is 4.74.